The van der Waals surface area contributed by atoms with Gasteiger partial charge < -0.3 is 4.90 Å². The molecule has 0 spiro atoms. The fourth-order valence-corrected chi connectivity index (χ4v) is 4.42. The van der Waals surface area contributed by atoms with Gasteiger partial charge in [-0.2, -0.15) is 0 Å². The second kappa shape index (κ2) is 8.78. The highest BCUT2D eigenvalue weighted by molar-refractivity contribution is 7.82. The van der Waals surface area contributed by atoms with Crippen molar-refractivity contribution in [3.63, 3.8) is 0 Å². The van der Waals surface area contributed by atoms with Crippen LogP contribution in [0.4, 0.5) is 5.69 Å². The van der Waals surface area contributed by atoms with Gasteiger partial charge in [0, 0.05) is 29.6 Å². The van der Waals surface area contributed by atoms with Crippen molar-refractivity contribution in [3.05, 3.63) is 102 Å². The zero-order valence-corrected chi connectivity index (χ0v) is 17.9. The Kier molecular flexibility index (Phi) is 5.93. The Morgan fingerprint density at radius 3 is 2.27 bits per heavy atom. The lowest BCUT2D eigenvalue weighted by molar-refractivity contribution is 0.105. The lowest BCUT2D eigenvalue weighted by atomic mass is 9.97. The molecule has 0 saturated heterocycles. The van der Waals surface area contributed by atoms with Crippen LogP contribution in [0.2, 0.25) is 0 Å². The Bertz CT molecular complexity index is 1110. The molecule has 3 aromatic carbocycles. The summed E-state index contributed by atoms with van der Waals surface area (Å²) in [4.78, 5) is 16.3. The molecule has 3 aromatic rings. The van der Waals surface area contributed by atoms with Gasteiger partial charge in [-0.3, -0.25) is 4.79 Å². The highest BCUT2D eigenvalue weighted by Crippen LogP contribution is 2.30. The van der Waals surface area contributed by atoms with Crippen LogP contribution in [-0.2, 0) is 17.4 Å². The molecule has 4 nitrogen and oxygen atoms in total. The Morgan fingerprint density at radius 1 is 0.900 bits per heavy atom. The molecule has 0 bridgehead atoms. The zero-order valence-electron chi connectivity index (χ0n) is 17.1. The van der Waals surface area contributed by atoms with Gasteiger partial charge in [0.25, 0.3) is 0 Å². The van der Waals surface area contributed by atoms with Crippen LogP contribution in [0.5, 0.6) is 0 Å². The molecule has 0 fully saturated rings. The molecule has 5 heteroatoms. The van der Waals surface area contributed by atoms with Gasteiger partial charge in [0.15, 0.2) is 5.78 Å². The summed E-state index contributed by atoms with van der Waals surface area (Å²) in [6, 6.07) is 25.1. The lowest BCUT2D eigenvalue weighted by Crippen LogP contribution is -2.16. The van der Waals surface area contributed by atoms with Crippen LogP contribution in [0, 0.1) is 0 Å². The Balaban J connectivity index is 1.71. The van der Waals surface area contributed by atoms with E-state index in [1.165, 1.54) is 5.56 Å². The van der Waals surface area contributed by atoms with Crippen LogP contribution in [0.1, 0.15) is 21.5 Å². The average Bonchev–Trinajstić information content (AvgIpc) is 3.20. The number of carbonyl (C=O) groups is 1. The maximum absolute atomic E-state index is 13.5. The number of anilines is 1. The average molecular weight is 417 g/mol. The van der Waals surface area contributed by atoms with E-state index in [-0.39, 0.29) is 5.78 Å². The summed E-state index contributed by atoms with van der Waals surface area (Å²) >= 11 is 0. The second-order valence-electron chi connectivity index (χ2n) is 7.40. The second-order valence-corrected chi connectivity index (χ2v) is 9.10. The summed E-state index contributed by atoms with van der Waals surface area (Å²) in [6.07, 6.45) is 2.93. The van der Waals surface area contributed by atoms with Crippen molar-refractivity contribution in [2.75, 3.05) is 25.5 Å². The van der Waals surface area contributed by atoms with E-state index in [0.717, 1.165) is 24.2 Å². The molecular weight excluding hydrogens is 392 g/mol. The first-order valence-electron chi connectivity index (χ1n) is 9.90. The minimum atomic E-state index is -1.23. The number of Topliss-reactive ketones (excluding diaryl/α,β-unsaturated/α-hetero) is 1. The molecule has 1 unspecified atom stereocenters. The van der Waals surface area contributed by atoms with Crippen LogP contribution in [-0.4, -0.2) is 34.9 Å². The largest absolute Gasteiger partial charge is 0.347 e. The van der Waals surface area contributed by atoms with Crippen molar-refractivity contribution in [3.8, 4) is 0 Å². The highest BCUT2D eigenvalue weighted by atomic mass is 32.2. The van der Waals surface area contributed by atoms with Crippen molar-refractivity contribution >= 4 is 28.0 Å². The summed E-state index contributed by atoms with van der Waals surface area (Å²) in [5.74, 6) is -0.0484. The predicted octanol–water partition coefficient (Wildman–Crippen LogP) is 4.56. The van der Waals surface area contributed by atoms with Crippen molar-refractivity contribution in [2.24, 2.45) is 0 Å². The van der Waals surface area contributed by atoms with Crippen molar-refractivity contribution < 1.29 is 9.00 Å². The maximum atomic E-state index is 13.5. The van der Waals surface area contributed by atoms with Gasteiger partial charge in [0.2, 0.25) is 0 Å². The van der Waals surface area contributed by atoms with Crippen molar-refractivity contribution in [1.29, 1.82) is 0 Å². The van der Waals surface area contributed by atoms with Gasteiger partial charge in [-0.15, -0.1) is 0 Å². The standard InChI is InChI=1S/C25H24N2O2S/c1-26(2)30(29)22-14-12-21(13-15-22)25(28)23(19-8-4-3-5-9-19)18-27-17-16-20-10-6-7-11-24(20)27/h3-15,18H,16-17H2,1-2H3/b23-18+. The molecule has 0 N–H and O–H groups in total. The van der Waals surface area contributed by atoms with Crippen molar-refractivity contribution in [1.82, 2.24) is 4.31 Å². The number of ketones is 1. The van der Waals surface area contributed by atoms with E-state index < -0.39 is 11.0 Å². The number of para-hydroxylation sites is 1. The van der Waals surface area contributed by atoms with E-state index in [0.29, 0.717) is 16.0 Å². The van der Waals surface area contributed by atoms with Gasteiger partial charge >= 0.3 is 0 Å². The molecule has 0 radical (unpaired) electrons. The molecule has 0 aromatic heterocycles. The minimum Gasteiger partial charge on any atom is -0.347 e. The first kappa shape index (κ1) is 20.3. The molecule has 1 atom stereocenters. The fraction of sp³-hybridized carbons (Fsp3) is 0.160. The monoisotopic (exact) mass is 416 g/mol. The summed E-state index contributed by atoms with van der Waals surface area (Å²) < 4.78 is 13.9. The van der Waals surface area contributed by atoms with Crippen LogP contribution in [0.3, 0.4) is 0 Å². The van der Waals surface area contributed by atoms with Gasteiger partial charge in [0.1, 0.15) is 11.0 Å². The summed E-state index contributed by atoms with van der Waals surface area (Å²) in [5, 5.41) is 0. The third-order valence-corrected chi connectivity index (χ3v) is 6.53. The molecule has 1 aliphatic heterocycles. The van der Waals surface area contributed by atoms with Gasteiger partial charge in [-0.25, -0.2) is 8.51 Å². The van der Waals surface area contributed by atoms with Gasteiger partial charge in [0.05, 0.1) is 4.90 Å². The number of carbonyl (C=O) groups excluding carboxylic acids is 1. The van der Waals surface area contributed by atoms with E-state index in [9.17, 15) is 9.00 Å². The smallest absolute Gasteiger partial charge is 0.195 e. The normalized spacial score (nSPS) is 14.6. The third kappa shape index (κ3) is 4.13. The van der Waals surface area contributed by atoms with Crippen LogP contribution in [0.15, 0.2) is 90.0 Å². The Morgan fingerprint density at radius 2 is 1.57 bits per heavy atom. The molecule has 0 saturated carbocycles. The van der Waals surface area contributed by atoms with Crippen LogP contribution in [0.25, 0.3) is 5.57 Å². The van der Waals surface area contributed by atoms with Crippen LogP contribution < -0.4 is 4.90 Å². The molecular formula is C25H24N2O2S. The van der Waals surface area contributed by atoms with Gasteiger partial charge in [-0.1, -0.05) is 48.5 Å². The quantitative estimate of drug-likeness (QED) is 0.437. The van der Waals surface area contributed by atoms with E-state index in [2.05, 4.69) is 23.1 Å². The predicted molar refractivity (Wildman–Crippen MR) is 123 cm³/mol. The molecule has 0 aliphatic carbocycles. The Labute approximate surface area is 180 Å². The van der Waals surface area contributed by atoms with E-state index in [4.69, 9.17) is 0 Å². The third-order valence-electron chi connectivity index (χ3n) is 5.19. The summed E-state index contributed by atoms with van der Waals surface area (Å²) in [7, 11) is 2.29. The number of allylic oxidation sites excluding steroid dienone is 1. The van der Waals surface area contributed by atoms with E-state index in [1.807, 2.05) is 42.6 Å². The van der Waals surface area contributed by atoms with E-state index in [1.54, 1.807) is 42.7 Å². The fourth-order valence-electron chi connectivity index (χ4n) is 3.62. The first-order valence-corrected chi connectivity index (χ1v) is 11.0. The number of fused-ring (bicyclic) bond motifs is 1. The molecule has 30 heavy (non-hydrogen) atoms. The van der Waals surface area contributed by atoms with E-state index >= 15 is 0 Å². The molecule has 1 heterocycles. The minimum absolute atomic E-state index is 0.0484. The Hall–Kier alpha value is -3.02. The number of benzene rings is 3. The SMILES string of the molecule is CN(C)S(=O)c1ccc(C(=O)/C(=C/N2CCc3ccccc32)c2ccccc2)cc1. The number of rotatable bonds is 6. The molecule has 0 amide bonds. The molecule has 152 valence electrons. The number of nitrogens with zero attached hydrogens (tertiary/aromatic N) is 2. The molecule has 4 rings (SSSR count). The zero-order chi connectivity index (χ0) is 21.1. The summed E-state index contributed by atoms with van der Waals surface area (Å²) in [6.45, 7) is 0.851. The van der Waals surface area contributed by atoms with Crippen LogP contribution >= 0.6 is 0 Å². The molecule has 1 aliphatic rings. The van der Waals surface area contributed by atoms with Crippen molar-refractivity contribution in [2.45, 2.75) is 11.3 Å². The first-order chi connectivity index (χ1) is 14.5. The number of hydrogen-bond donors (Lipinski definition) is 0. The number of hydrogen-bond acceptors (Lipinski definition) is 3. The maximum Gasteiger partial charge on any atom is 0.195 e. The topological polar surface area (TPSA) is 40.6 Å². The summed E-state index contributed by atoms with van der Waals surface area (Å²) in [5.41, 5.74) is 4.55. The highest BCUT2D eigenvalue weighted by Gasteiger charge is 2.21. The lowest BCUT2D eigenvalue weighted by Gasteiger charge is -2.17. The van der Waals surface area contributed by atoms with Gasteiger partial charge in [-0.05, 0) is 62.0 Å².